The smallest absolute Gasteiger partial charge is 0.290 e. The molecule has 0 radical (unpaired) electrons. The van der Waals surface area contributed by atoms with Crippen molar-refractivity contribution in [2.45, 2.75) is 46.7 Å². The van der Waals surface area contributed by atoms with Gasteiger partial charge in [0.2, 0.25) is 0 Å². The van der Waals surface area contributed by atoms with Crippen molar-refractivity contribution in [3.8, 4) is 0 Å². The number of carbonyl (C=O) groups is 1. The third kappa shape index (κ3) is 2.78. The van der Waals surface area contributed by atoms with Gasteiger partial charge in [-0.1, -0.05) is 6.92 Å². The van der Waals surface area contributed by atoms with E-state index in [1.807, 2.05) is 30.9 Å². The van der Waals surface area contributed by atoms with Gasteiger partial charge in [0.25, 0.3) is 5.91 Å². The second-order valence-corrected chi connectivity index (χ2v) is 7.38. The van der Waals surface area contributed by atoms with Gasteiger partial charge in [0, 0.05) is 30.5 Å². The van der Waals surface area contributed by atoms with Crippen molar-refractivity contribution in [1.29, 1.82) is 0 Å². The maximum Gasteiger partial charge on any atom is 0.290 e. The lowest BCUT2D eigenvalue weighted by Gasteiger charge is -2.36. The number of amides is 1. The maximum absolute atomic E-state index is 13.2. The molecule has 1 amide bonds. The van der Waals surface area contributed by atoms with E-state index in [-0.39, 0.29) is 23.1 Å². The molecule has 0 bridgehead atoms. The Labute approximate surface area is 158 Å². The summed E-state index contributed by atoms with van der Waals surface area (Å²) in [5.74, 6) is -0.102. The van der Waals surface area contributed by atoms with E-state index in [1.165, 1.54) is 11.8 Å². The molecule has 2 aromatic heterocycles. The fraction of sp³-hybridized carbons (Fsp3) is 0.364. The van der Waals surface area contributed by atoms with Gasteiger partial charge in [0.15, 0.2) is 11.2 Å². The molecule has 27 heavy (non-hydrogen) atoms. The summed E-state index contributed by atoms with van der Waals surface area (Å²) in [5, 5.41) is 0.518. The van der Waals surface area contributed by atoms with Gasteiger partial charge in [0.05, 0.1) is 11.4 Å². The molecule has 1 aromatic carbocycles. The largest absolute Gasteiger partial charge is 0.451 e. The second-order valence-electron chi connectivity index (χ2n) is 7.38. The lowest BCUT2D eigenvalue weighted by Crippen LogP contribution is -2.42. The van der Waals surface area contributed by atoms with Gasteiger partial charge in [-0.2, -0.15) is 0 Å². The highest BCUT2D eigenvalue weighted by Crippen LogP contribution is 2.31. The average molecular weight is 364 g/mol. The lowest BCUT2D eigenvalue weighted by atomic mass is 10.1. The third-order valence-electron chi connectivity index (χ3n) is 5.72. The van der Waals surface area contributed by atoms with Gasteiger partial charge >= 0.3 is 0 Å². The minimum atomic E-state index is -0.218. The zero-order valence-electron chi connectivity index (χ0n) is 16.2. The van der Waals surface area contributed by atoms with E-state index in [0.29, 0.717) is 17.5 Å². The molecule has 1 atom stereocenters. The summed E-state index contributed by atoms with van der Waals surface area (Å²) in [7, 11) is 0. The molecule has 5 heteroatoms. The fourth-order valence-electron chi connectivity index (χ4n) is 4.04. The van der Waals surface area contributed by atoms with Crippen LogP contribution in [0.25, 0.3) is 11.0 Å². The Morgan fingerprint density at radius 2 is 1.85 bits per heavy atom. The molecule has 4 rings (SSSR count). The van der Waals surface area contributed by atoms with Gasteiger partial charge in [-0.15, -0.1) is 0 Å². The minimum Gasteiger partial charge on any atom is -0.451 e. The van der Waals surface area contributed by atoms with Crippen LogP contribution in [0.15, 0.2) is 39.5 Å². The van der Waals surface area contributed by atoms with Crippen molar-refractivity contribution in [3.05, 3.63) is 68.8 Å². The summed E-state index contributed by atoms with van der Waals surface area (Å²) in [4.78, 5) is 27.6. The summed E-state index contributed by atoms with van der Waals surface area (Å²) in [6.45, 7) is 9.45. The van der Waals surface area contributed by atoms with Crippen LogP contribution in [-0.4, -0.2) is 21.9 Å². The monoisotopic (exact) mass is 364 g/mol. The molecule has 0 fully saturated rings. The molecule has 140 valence electrons. The van der Waals surface area contributed by atoms with Crippen LogP contribution in [0.4, 0.5) is 0 Å². The Bertz CT molecular complexity index is 1110. The number of fused-ring (bicyclic) bond motifs is 2. The number of rotatable bonds is 2. The summed E-state index contributed by atoms with van der Waals surface area (Å²) < 4.78 is 8.15. The molecule has 0 saturated heterocycles. The van der Waals surface area contributed by atoms with Crippen molar-refractivity contribution >= 4 is 16.9 Å². The van der Waals surface area contributed by atoms with Crippen molar-refractivity contribution in [3.63, 3.8) is 0 Å². The Morgan fingerprint density at radius 3 is 2.59 bits per heavy atom. The average Bonchev–Trinajstić information content (AvgIpc) is 3.03. The highest BCUT2D eigenvalue weighted by Gasteiger charge is 2.32. The molecular weight excluding hydrogens is 340 g/mol. The Morgan fingerprint density at radius 1 is 1.11 bits per heavy atom. The van der Waals surface area contributed by atoms with E-state index in [9.17, 15) is 9.59 Å². The molecule has 3 aromatic rings. The first kappa shape index (κ1) is 17.6. The van der Waals surface area contributed by atoms with Crippen LogP contribution in [0.1, 0.15) is 52.5 Å². The summed E-state index contributed by atoms with van der Waals surface area (Å²) in [6, 6.07) is 9.17. The van der Waals surface area contributed by atoms with Crippen LogP contribution < -0.4 is 5.43 Å². The summed E-state index contributed by atoms with van der Waals surface area (Å²) in [6.07, 6.45) is 0.811. The molecule has 1 unspecified atom stereocenters. The van der Waals surface area contributed by atoms with E-state index < -0.39 is 0 Å². The lowest BCUT2D eigenvalue weighted by molar-refractivity contribution is 0.0584. The first-order valence-corrected chi connectivity index (χ1v) is 9.42. The highest BCUT2D eigenvalue weighted by atomic mass is 16.3. The number of nitrogens with zero attached hydrogens (tertiary/aromatic N) is 2. The summed E-state index contributed by atoms with van der Waals surface area (Å²) >= 11 is 0. The predicted octanol–water partition coefficient (Wildman–Crippen LogP) is 4.13. The summed E-state index contributed by atoms with van der Waals surface area (Å²) in [5.41, 5.74) is 4.72. The van der Waals surface area contributed by atoms with Crippen molar-refractivity contribution in [1.82, 2.24) is 9.47 Å². The minimum absolute atomic E-state index is 0.0132. The number of hydrogen-bond acceptors (Lipinski definition) is 3. The number of hydrogen-bond donors (Lipinski definition) is 0. The standard InChI is InChI=1S/C22H24N2O3/c1-5-17-18-7-6-15(4)23(18)8-9-24(17)22(26)21-12-19(25)16-10-13(2)14(3)11-20(16)27-21/h6-7,10-12,17H,5,8-9H2,1-4H3. The topological polar surface area (TPSA) is 55.5 Å². The predicted molar refractivity (Wildman–Crippen MR) is 105 cm³/mol. The third-order valence-corrected chi connectivity index (χ3v) is 5.72. The van der Waals surface area contributed by atoms with Crippen LogP contribution >= 0.6 is 0 Å². The molecule has 0 saturated carbocycles. The molecule has 0 N–H and O–H groups in total. The molecule has 5 nitrogen and oxygen atoms in total. The van der Waals surface area contributed by atoms with Gasteiger partial charge < -0.3 is 13.9 Å². The van der Waals surface area contributed by atoms with Gasteiger partial charge in [0.1, 0.15) is 5.58 Å². The Kier molecular flexibility index (Phi) is 4.17. The Balaban J connectivity index is 1.76. The van der Waals surface area contributed by atoms with Gasteiger partial charge in [-0.3, -0.25) is 9.59 Å². The van der Waals surface area contributed by atoms with Gasteiger partial charge in [-0.25, -0.2) is 0 Å². The van der Waals surface area contributed by atoms with Crippen LogP contribution in [0.5, 0.6) is 0 Å². The fourth-order valence-corrected chi connectivity index (χ4v) is 4.04. The maximum atomic E-state index is 13.2. The Hall–Kier alpha value is -2.82. The molecule has 0 spiro atoms. The first-order valence-electron chi connectivity index (χ1n) is 9.42. The number of aryl methyl sites for hydroxylation is 3. The quantitative estimate of drug-likeness (QED) is 0.687. The van der Waals surface area contributed by atoms with E-state index in [0.717, 1.165) is 29.8 Å². The molecule has 0 aliphatic carbocycles. The van der Waals surface area contributed by atoms with Crippen LogP contribution in [-0.2, 0) is 6.54 Å². The van der Waals surface area contributed by atoms with Crippen LogP contribution in [0, 0.1) is 20.8 Å². The molecule has 1 aliphatic heterocycles. The number of benzene rings is 1. The number of carbonyl (C=O) groups excluding carboxylic acids is 1. The SMILES string of the molecule is CCC1c2ccc(C)n2CCN1C(=O)c1cc(=O)c2cc(C)c(C)cc2o1. The second kappa shape index (κ2) is 6.41. The van der Waals surface area contributed by atoms with Crippen LogP contribution in [0.3, 0.4) is 0 Å². The zero-order valence-corrected chi connectivity index (χ0v) is 16.2. The van der Waals surface area contributed by atoms with Crippen molar-refractivity contribution < 1.29 is 9.21 Å². The van der Waals surface area contributed by atoms with E-state index >= 15 is 0 Å². The zero-order chi connectivity index (χ0) is 19.3. The van der Waals surface area contributed by atoms with Crippen molar-refractivity contribution in [2.24, 2.45) is 0 Å². The molecular formula is C22H24N2O3. The van der Waals surface area contributed by atoms with Gasteiger partial charge in [-0.05, 0) is 62.6 Å². The molecule has 3 heterocycles. The van der Waals surface area contributed by atoms with E-state index in [4.69, 9.17) is 4.42 Å². The van der Waals surface area contributed by atoms with E-state index in [1.54, 1.807) is 0 Å². The van der Waals surface area contributed by atoms with Crippen LogP contribution in [0.2, 0.25) is 0 Å². The number of aromatic nitrogens is 1. The first-order chi connectivity index (χ1) is 12.9. The molecule has 1 aliphatic rings. The van der Waals surface area contributed by atoms with Crippen molar-refractivity contribution in [2.75, 3.05) is 6.54 Å². The highest BCUT2D eigenvalue weighted by molar-refractivity contribution is 5.93. The van der Waals surface area contributed by atoms with E-state index in [2.05, 4.69) is 30.5 Å². The normalized spacial score (nSPS) is 16.6.